The van der Waals surface area contributed by atoms with Gasteiger partial charge in [0.05, 0.1) is 25.2 Å². The highest BCUT2D eigenvalue weighted by molar-refractivity contribution is 7.80. The molecule has 0 aromatic heterocycles. The Kier molecular flexibility index (Phi) is 6.93. The third-order valence-electron chi connectivity index (χ3n) is 8.43. The molecule has 5 rings (SSSR count). The maximum atomic E-state index is 14.2. The number of quaternary nitrogens is 1. The number of piperidine rings is 1. The molecule has 3 saturated heterocycles. The molecule has 2 aromatic rings. The Hall–Kier alpha value is -2.35. The van der Waals surface area contributed by atoms with Crippen molar-refractivity contribution in [3.63, 3.8) is 0 Å². The van der Waals surface area contributed by atoms with E-state index in [0.29, 0.717) is 23.2 Å². The summed E-state index contributed by atoms with van der Waals surface area (Å²) >= 11 is 4.16. The summed E-state index contributed by atoms with van der Waals surface area (Å²) in [5.41, 5.74) is 5.31. The average Bonchev–Trinajstić information content (AvgIpc) is 3.44. The maximum absolute atomic E-state index is 14.2. The summed E-state index contributed by atoms with van der Waals surface area (Å²) < 4.78 is 13.5. The van der Waals surface area contributed by atoms with Crippen molar-refractivity contribution in [2.24, 2.45) is 5.73 Å². The van der Waals surface area contributed by atoms with Crippen molar-refractivity contribution in [2.75, 3.05) is 18.8 Å². The summed E-state index contributed by atoms with van der Waals surface area (Å²) in [5, 5.41) is 0. The standard InChI is InChI=1S/C28H34N2O4S/c29-25(19-35)26(31)34-28(20-9-3-1-4-10-20,21-11-5-2-6-12-21)27(32)33-24-17-22-13-14-23(18-24)30(22)15-7-8-16-30/h1-6,9-12,22-25H,7-8,13-19,29H2/p+1/t22?,23?,24?,25-/m0/s1. The van der Waals surface area contributed by atoms with Gasteiger partial charge in [-0.1, -0.05) is 60.7 Å². The van der Waals surface area contributed by atoms with Crippen LogP contribution in [0.4, 0.5) is 0 Å². The van der Waals surface area contributed by atoms with Gasteiger partial charge in [-0.15, -0.1) is 0 Å². The number of nitrogens with zero attached hydrogens (tertiary/aromatic N) is 1. The Bertz CT molecular complexity index is 986. The Balaban J connectivity index is 1.49. The van der Waals surface area contributed by atoms with Crippen LogP contribution in [-0.2, 0) is 24.7 Å². The van der Waals surface area contributed by atoms with Crippen molar-refractivity contribution in [3.8, 4) is 0 Å². The minimum Gasteiger partial charge on any atom is -0.458 e. The van der Waals surface area contributed by atoms with Crippen LogP contribution in [0.25, 0.3) is 0 Å². The second-order valence-electron chi connectivity index (χ2n) is 10.3. The van der Waals surface area contributed by atoms with Gasteiger partial charge in [0, 0.05) is 55.4 Å². The fourth-order valence-electron chi connectivity index (χ4n) is 6.75. The van der Waals surface area contributed by atoms with E-state index in [9.17, 15) is 9.59 Å². The summed E-state index contributed by atoms with van der Waals surface area (Å²) in [7, 11) is 0. The minimum atomic E-state index is -1.74. The van der Waals surface area contributed by atoms with Crippen LogP contribution in [0.15, 0.2) is 60.7 Å². The molecule has 7 heteroatoms. The lowest BCUT2D eigenvalue weighted by Gasteiger charge is -2.47. The van der Waals surface area contributed by atoms with E-state index in [1.54, 1.807) is 24.3 Å². The SMILES string of the molecule is N[C@@H](CS)C(=O)OC(C(=O)OC1CC2CCC(C1)[N+]21CCCC1)(c1ccccc1)c1ccccc1. The van der Waals surface area contributed by atoms with Gasteiger partial charge in [-0.05, 0) is 0 Å². The van der Waals surface area contributed by atoms with E-state index >= 15 is 0 Å². The van der Waals surface area contributed by atoms with E-state index in [0.717, 1.165) is 12.8 Å². The van der Waals surface area contributed by atoms with Gasteiger partial charge in [0.15, 0.2) is 0 Å². The normalized spacial score (nSPS) is 25.8. The summed E-state index contributed by atoms with van der Waals surface area (Å²) in [6.07, 6.45) is 6.54. The molecule has 2 N–H and O–H groups in total. The van der Waals surface area contributed by atoms with Crippen molar-refractivity contribution in [1.29, 1.82) is 0 Å². The van der Waals surface area contributed by atoms with Crippen LogP contribution in [0.1, 0.15) is 49.7 Å². The molecule has 0 aliphatic carbocycles. The van der Waals surface area contributed by atoms with E-state index in [2.05, 4.69) is 12.6 Å². The predicted octanol–water partition coefficient (Wildman–Crippen LogP) is 3.58. The summed E-state index contributed by atoms with van der Waals surface area (Å²) in [6, 6.07) is 18.4. The smallest absolute Gasteiger partial charge is 0.360 e. The van der Waals surface area contributed by atoms with E-state index < -0.39 is 23.6 Å². The number of hydrogen-bond acceptors (Lipinski definition) is 6. The maximum Gasteiger partial charge on any atom is 0.360 e. The zero-order chi connectivity index (χ0) is 24.5. The second kappa shape index (κ2) is 9.96. The van der Waals surface area contributed by atoms with Crippen LogP contribution in [0.3, 0.4) is 0 Å². The molecule has 186 valence electrons. The third-order valence-corrected chi connectivity index (χ3v) is 8.82. The molecule has 3 heterocycles. The summed E-state index contributed by atoms with van der Waals surface area (Å²) in [5.74, 6) is -1.14. The first kappa shape index (κ1) is 24.3. The lowest BCUT2D eigenvalue weighted by Crippen LogP contribution is -2.60. The lowest BCUT2D eigenvalue weighted by molar-refractivity contribution is -0.956. The summed E-state index contributed by atoms with van der Waals surface area (Å²) in [6.45, 7) is 2.51. The zero-order valence-electron chi connectivity index (χ0n) is 20.1. The molecule has 2 bridgehead atoms. The van der Waals surface area contributed by atoms with Gasteiger partial charge in [0.25, 0.3) is 5.60 Å². The molecular weight excluding hydrogens is 460 g/mol. The van der Waals surface area contributed by atoms with E-state index in [1.165, 1.54) is 43.3 Å². The van der Waals surface area contributed by atoms with Crippen molar-refractivity contribution in [3.05, 3.63) is 71.8 Å². The first-order valence-corrected chi connectivity index (χ1v) is 13.4. The van der Waals surface area contributed by atoms with Gasteiger partial charge < -0.3 is 19.7 Å². The highest BCUT2D eigenvalue weighted by Gasteiger charge is 2.57. The molecule has 0 radical (unpaired) electrons. The number of hydrogen-bond donors (Lipinski definition) is 2. The largest absolute Gasteiger partial charge is 0.458 e. The summed E-state index contributed by atoms with van der Waals surface area (Å²) in [4.78, 5) is 27.2. The highest BCUT2D eigenvalue weighted by Crippen LogP contribution is 2.47. The molecule has 35 heavy (non-hydrogen) atoms. The van der Waals surface area contributed by atoms with Crippen molar-refractivity contribution >= 4 is 24.6 Å². The molecule has 0 amide bonds. The lowest BCUT2D eigenvalue weighted by atomic mass is 9.85. The molecule has 3 fully saturated rings. The van der Waals surface area contributed by atoms with Crippen LogP contribution in [-0.4, -0.2) is 59.5 Å². The van der Waals surface area contributed by atoms with Gasteiger partial charge in [-0.2, -0.15) is 12.6 Å². The molecule has 1 spiro atoms. The van der Waals surface area contributed by atoms with Crippen LogP contribution in [0.5, 0.6) is 0 Å². The number of carbonyl (C=O) groups excluding carboxylic acids is 2. The number of benzene rings is 2. The number of carbonyl (C=O) groups is 2. The van der Waals surface area contributed by atoms with E-state index in [-0.39, 0.29) is 11.9 Å². The highest BCUT2D eigenvalue weighted by atomic mass is 32.1. The minimum absolute atomic E-state index is 0.111. The van der Waals surface area contributed by atoms with Gasteiger partial charge in [-0.3, -0.25) is 4.79 Å². The quantitative estimate of drug-likeness (QED) is 0.349. The van der Waals surface area contributed by atoms with E-state index in [4.69, 9.17) is 15.2 Å². The van der Waals surface area contributed by atoms with Gasteiger partial charge in [0.1, 0.15) is 12.1 Å². The fourth-order valence-corrected chi connectivity index (χ4v) is 6.90. The van der Waals surface area contributed by atoms with Gasteiger partial charge in [-0.25, -0.2) is 4.79 Å². The van der Waals surface area contributed by atoms with Crippen LogP contribution in [0.2, 0.25) is 0 Å². The number of rotatable bonds is 7. The van der Waals surface area contributed by atoms with Crippen molar-refractivity contribution < 1.29 is 23.5 Å². The topological polar surface area (TPSA) is 78.6 Å². The zero-order valence-corrected chi connectivity index (χ0v) is 20.9. The first-order chi connectivity index (χ1) is 17.0. The van der Waals surface area contributed by atoms with Crippen molar-refractivity contribution in [1.82, 2.24) is 0 Å². The van der Waals surface area contributed by atoms with Crippen molar-refractivity contribution in [2.45, 2.75) is 68.4 Å². The Morgan fingerprint density at radius 1 is 0.943 bits per heavy atom. The molecule has 2 aromatic carbocycles. The molecule has 2 unspecified atom stereocenters. The molecule has 0 saturated carbocycles. The molecule has 3 atom stereocenters. The molecule has 6 nitrogen and oxygen atoms in total. The van der Waals surface area contributed by atoms with Gasteiger partial charge >= 0.3 is 11.9 Å². The molecule has 3 aliphatic rings. The number of nitrogens with two attached hydrogens (primary N) is 1. The van der Waals surface area contributed by atoms with E-state index in [1.807, 2.05) is 36.4 Å². The monoisotopic (exact) mass is 495 g/mol. The fraction of sp³-hybridized carbons (Fsp3) is 0.500. The van der Waals surface area contributed by atoms with Crippen LogP contribution in [0, 0.1) is 0 Å². The predicted molar refractivity (Wildman–Crippen MR) is 137 cm³/mol. The van der Waals surface area contributed by atoms with Crippen LogP contribution >= 0.6 is 12.6 Å². The first-order valence-electron chi connectivity index (χ1n) is 12.8. The van der Waals surface area contributed by atoms with Gasteiger partial charge in [0.2, 0.25) is 0 Å². The average molecular weight is 496 g/mol. The second-order valence-corrected chi connectivity index (χ2v) is 10.6. The number of ether oxygens (including phenoxy) is 2. The number of esters is 2. The Labute approximate surface area is 212 Å². The molecule has 3 aliphatic heterocycles. The van der Waals surface area contributed by atoms with Crippen LogP contribution < -0.4 is 5.73 Å². The molecular formula is C28H35N2O4S+. The third kappa shape index (κ3) is 4.28. The Morgan fingerprint density at radius 2 is 1.46 bits per heavy atom. The number of thiol groups is 1. The Morgan fingerprint density at radius 3 is 1.94 bits per heavy atom.